The minimum Gasteiger partial charge on any atom is -0.483 e. The van der Waals surface area contributed by atoms with Crippen molar-refractivity contribution in [1.29, 1.82) is 0 Å². The Morgan fingerprint density at radius 3 is 2.50 bits per heavy atom. The maximum absolute atomic E-state index is 13.1. The second kappa shape index (κ2) is 11.7. The molecule has 30 heavy (non-hydrogen) atoms. The third kappa shape index (κ3) is 6.87. The van der Waals surface area contributed by atoms with Crippen LogP contribution in [0.5, 0.6) is 5.75 Å². The zero-order chi connectivity index (χ0) is 22.1. The summed E-state index contributed by atoms with van der Waals surface area (Å²) in [5, 5.41) is 2.88. The molecule has 1 unspecified atom stereocenters. The molecule has 0 heterocycles. The topological polar surface area (TPSA) is 58.6 Å². The number of ether oxygens (including phenoxy) is 1. The van der Waals surface area contributed by atoms with Gasteiger partial charge in [-0.1, -0.05) is 67.0 Å². The summed E-state index contributed by atoms with van der Waals surface area (Å²) < 4.78 is 6.81. The lowest BCUT2D eigenvalue weighted by atomic mass is 10.0. The van der Waals surface area contributed by atoms with Crippen molar-refractivity contribution in [2.75, 3.05) is 13.2 Å². The molecule has 0 saturated heterocycles. The number of para-hydroxylation sites is 1. The largest absolute Gasteiger partial charge is 0.483 e. The molecule has 0 aliphatic carbocycles. The molecule has 5 nitrogen and oxygen atoms in total. The maximum Gasteiger partial charge on any atom is 0.261 e. The van der Waals surface area contributed by atoms with E-state index < -0.39 is 6.04 Å². The van der Waals surface area contributed by atoms with E-state index in [0.717, 1.165) is 22.0 Å². The average molecular weight is 475 g/mol. The monoisotopic (exact) mass is 474 g/mol. The smallest absolute Gasteiger partial charge is 0.261 e. The summed E-state index contributed by atoms with van der Waals surface area (Å²) in [5.41, 5.74) is 1.99. The van der Waals surface area contributed by atoms with Gasteiger partial charge in [0.1, 0.15) is 11.8 Å². The molecule has 6 heteroatoms. The van der Waals surface area contributed by atoms with E-state index in [9.17, 15) is 9.59 Å². The number of carbonyl (C=O) groups excluding carboxylic acids is 2. The number of hydrogen-bond donors (Lipinski definition) is 1. The first-order valence-electron chi connectivity index (χ1n) is 10.4. The van der Waals surface area contributed by atoms with Crippen molar-refractivity contribution in [1.82, 2.24) is 10.2 Å². The lowest BCUT2D eigenvalue weighted by Crippen LogP contribution is -2.49. The van der Waals surface area contributed by atoms with E-state index >= 15 is 0 Å². The van der Waals surface area contributed by atoms with E-state index in [4.69, 9.17) is 4.74 Å². The van der Waals surface area contributed by atoms with Crippen LogP contribution in [0.25, 0.3) is 0 Å². The highest BCUT2D eigenvalue weighted by Crippen LogP contribution is 2.26. The van der Waals surface area contributed by atoms with Crippen molar-refractivity contribution in [3.63, 3.8) is 0 Å². The molecule has 162 valence electrons. The average Bonchev–Trinajstić information content (AvgIpc) is 2.73. The predicted octanol–water partition coefficient (Wildman–Crippen LogP) is 4.89. The first-order chi connectivity index (χ1) is 14.3. The number of rotatable bonds is 10. The Balaban J connectivity index is 2.18. The van der Waals surface area contributed by atoms with Crippen LogP contribution in [0.15, 0.2) is 53.0 Å². The molecular weight excluding hydrogens is 444 g/mol. The molecule has 0 aliphatic rings. The molecule has 1 N–H and O–H groups in total. The van der Waals surface area contributed by atoms with Gasteiger partial charge < -0.3 is 15.0 Å². The molecule has 2 amide bonds. The summed E-state index contributed by atoms with van der Waals surface area (Å²) in [6, 6.07) is 14.9. The maximum atomic E-state index is 13.1. The highest BCUT2D eigenvalue weighted by Gasteiger charge is 2.26. The normalized spacial score (nSPS) is 11.8. The van der Waals surface area contributed by atoms with Gasteiger partial charge in [0.15, 0.2) is 6.61 Å². The molecule has 2 aromatic carbocycles. The summed E-state index contributed by atoms with van der Waals surface area (Å²) in [5.74, 6) is 0.592. The van der Waals surface area contributed by atoms with Crippen LogP contribution in [0, 0.1) is 0 Å². The van der Waals surface area contributed by atoms with Gasteiger partial charge in [-0.3, -0.25) is 9.59 Å². The summed E-state index contributed by atoms with van der Waals surface area (Å²) >= 11 is 3.46. The fourth-order valence-corrected chi connectivity index (χ4v) is 3.57. The van der Waals surface area contributed by atoms with E-state index in [1.807, 2.05) is 55.5 Å². The van der Waals surface area contributed by atoms with Gasteiger partial charge in [-0.2, -0.15) is 0 Å². The number of nitrogens with one attached hydrogen (secondary N) is 1. The zero-order valence-corrected chi connectivity index (χ0v) is 19.7. The van der Waals surface area contributed by atoms with Crippen molar-refractivity contribution >= 4 is 27.7 Å². The van der Waals surface area contributed by atoms with Crippen LogP contribution in [0.4, 0.5) is 0 Å². The Morgan fingerprint density at radius 1 is 1.10 bits per heavy atom. The van der Waals surface area contributed by atoms with Gasteiger partial charge in [-0.05, 0) is 48.6 Å². The fourth-order valence-electron chi connectivity index (χ4n) is 3.12. The van der Waals surface area contributed by atoms with Crippen LogP contribution in [-0.2, 0) is 16.1 Å². The van der Waals surface area contributed by atoms with E-state index in [2.05, 4.69) is 35.1 Å². The van der Waals surface area contributed by atoms with Gasteiger partial charge in [0.2, 0.25) is 5.91 Å². The van der Waals surface area contributed by atoms with Crippen molar-refractivity contribution < 1.29 is 14.3 Å². The zero-order valence-electron chi connectivity index (χ0n) is 18.2. The number of hydrogen-bond acceptors (Lipinski definition) is 3. The first-order valence-corrected chi connectivity index (χ1v) is 11.2. The van der Waals surface area contributed by atoms with E-state index in [1.165, 1.54) is 0 Å². The Labute approximate surface area is 187 Å². The lowest BCUT2D eigenvalue weighted by Gasteiger charge is -2.29. The molecule has 0 aromatic heterocycles. The molecule has 0 spiro atoms. The van der Waals surface area contributed by atoms with Crippen molar-refractivity contribution in [3.05, 3.63) is 64.1 Å². The van der Waals surface area contributed by atoms with Crippen molar-refractivity contribution in [2.45, 2.75) is 52.6 Å². The van der Waals surface area contributed by atoms with Crippen LogP contribution < -0.4 is 10.1 Å². The Hall–Kier alpha value is -2.34. The second-order valence-corrected chi connectivity index (χ2v) is 8.52. The van der Waals surface area contributed by atoms with Gasteiger partial charge in [-0.25, -0.2) is 0 Å². The summed E-state index contributed by atoms with van der Waals surface area (Å²) in [7, 11) is 0. The highest BCUT2D eigenvalue weighted by atomic mass is 79.9. The molecule has 2 aromatic rings. The molecule has 1 atom stereocenters. The van der Waals surface area contributed by atoms with E-state index in [0.29, 0.717) is 18.8 Å². The van der Waals surface area contributed by atoms with E-state index in [-0.39, 0.29) is 24.3 Å². The van der Waals surface area contributed by atoms with E-state index in [1.54, 1.807) is 11.8 Å². The van der Waals surface area contributed by atoms with Crippen LogP contribution in [0.1, 0.15) is 51.2 Å². The summed E-state index contributed by atoms with van der Waals surface area (Å²) in [6.07, 6.45) is 0.840. The van der Waals surface area contributed by atoms with Gasteiger partial charge in [0.05, 0.1) is 0 Å². The fraction of sp³-hybridized carbons (Fsp3) is 0.417. The van der Waals surface area contributed by atoms with Gasteiger partial charge in [0.25, 0.3) is 5.91 Å². The minimum absolute atomic E-state index is 0.122. The van der Waals surface area contributed by atoms with Crippen molar-refractivity contribution in [3.8, 4) is 5.75 Å². The molecule has 0 saturated carbocycles. The Bertz CT molecular complexity index is 854. The molecule has 0 aliphatic heterocycles. The lowest BCUT2D eigenvalue weighted by molar-refractivity contribution is -0.142. The van der Waals surface area contributed by atoms with Gasteiger partial charge >= 0.3 is 0 Å². The number of benzene rings is 2. The van der Waals surface area contributed by atoms with Crippen LogP contribution in [0.3, 0.4) is 0 Å². The SMILES string of the molecule is CCCNC(=O)C(C)N(Cc1cccc(Br)c1)C(=O)COc1ccccc1C(C)C. The second-order valence-electron chi connectivity index (χ2n) is 7.60. The number of halogens is 1. The predicted molar refractivity (Wildman–Crippen MR) is 123 cm³/mol. The van der Waals surface area contributed by atoms with Gasteiger partial charge in [-0.15, -0.1) is 0 Å². The summed E-state index contributed by atoms with van der Waals surface area (Å²) in [4.78, 5) is 27.3. The number of amides is 2. The van der Waals surface area contributed by atoms with Crippen LogP contribution in [0.2, 0.25) is 0 Å². The highest BCUT2D eigenvalue weighted by molar-refractivity contribution is 9.10. The summed E-state index contributed by atoms with van der Waals surface area (Å²) in [6.45, 7) is 8.71. The molecule has 0 bridgehead atoms. The molecule has 2 rings (SSSR count). The molecule has 0 radical (unpaired) electrons. The third-order valence-electron chi connectivity index (χ3n) is 4.85. The number of nitrogens with zero attached hydrogens (tertiary/aromatic N) is 1. The number of carbonyl (C=O) groups is 2. The first kappa shape index (κ1) is 23.9. The Kier molecular flexibility index (Phi) is 9.37. The van der Waals surface area contributed by atoms with Crippen molar-refractivity contribution in [2.24, 2.45) is 0 Å². The molecular formula is C24H31BrN2O3. The van der Waals surface area contributed by atoms with Crippen LogP contribution >= 0.6 is 15.9 Å². The standard InChI is InChI=1S/C24H31BrN2O3/c1-5-13-26-24(29)18(4)27(15-19-9-8-10-20(25)14-19)23(28)16-30-22-12-7-6-11-21(22)17(2)3/h6-12,14,17-18H,5,13,15-16H2,1-4H3,(H,26,29). The van der Waals surface area contributed by atoms with Crippen LogP contribution in [-0.4, -0.2) is 35.9 Å². The third-order valence-corrected chi connectivity index (χ3v) is 5.34. The molecule has 0 fully saturated rings. The quantitative estimate of drug-likeness (QED) is 0.532. The van der Waals surface area contributed by atoms with Gasteiger partial charge in [0, 0.05) is 17.6 Å². The Morgan fingerprint density at radius 2 is 1.83 bits per heavy atom. The minimum atomic E-state index is -0.605.